The number of rotatable bonds is 3. The molecule has 0 aromatic heterocycles. The van der Waals surface area contributed by atoms with E-state index < -0.39 is 11.8 Å². The van der Waals surface area contributed by atoms with Gasteiger partial charge in [-0.3, -0.25) is 4.79 Å². The topological polar surface area (TPSA) is 60.4 Å². The molecule has 0 spiro atoms. The summed E-state index contributed by atoms with van der Waals surface area (Å²) < 4.78 is 19.9. The molecule has 1 unspecified atom stereocenters. The molecule has 0 amide bonds. The standard InChI is InChI=1S/C20H25FO2.CO2/c1-11(2)16-8-7-12(3)9-17(16)18-13(4)10-14(5)19(21)20(18)23-15(6)22;2-1-3/h9-10,16-17H,1,7-8H2,2-6H3;/t16-,17?;/m0./s1. The van der Waals surface area contributed by atoms with E-state index in [1.54, 1.807) is 6.92 Å². The second kappa shape index (κ2) is 9.25. The van der Waals surface area contributed by atoms with Gasteiger partial charge in [-0.05, 0) is 57.6 Å². The van der Waals surface area contributed by atoms with Crippen molar-refractivity contribution in [3.8, 4) is 5.75 Å². The number of allylic oxidation sites excluding steroid dienone is 3. The molecule has 2 atom stereocenters. The third-order valence-corrected chi connectivity index (χ3v) is 4.61. The van der Waals surface area contributed by atoms with E-state index in [1.165, 1.54) is 12.5 Å². The van der Waals surface area contributed by atoms with E-state index >= 15 is 0 Å². The first-order chi connectivity index (χ1) is 12.1. The largest absolute Gasteiger partial charge is 0.423 e. The van der Waals surface area contributed by atoms with Crippen molar-refractivity contribution in [3.63, 3.8) is 0 Å². The predicted molar refractivity (Wildman–Crippen MR) is 96.2 cm³/mol. The summed E-state index contributed by atoms with van der Waals surface area (Å²) in [5, 5.41) is 0. The number of ether oxygens (including phenoxy) is 1. The second-order valence-electron chi connectivity index (χ2n) is 6.77. The Bertz CT molecular complexity index is 771. The van der Waals surface area contributed by atoms with Gasteiger partial charge in [0.15, 0.2) is 11.6 Å². The van der Waals surface area contributed by atoms with Crippen LogP contribution in [-0.2, 0) is 14.4 Å². The number of carbonyl (C=O) groups excluding carboxylic acids is 3. The van der Waals surface area contributed by atoms with Crippen molar-refractivity contribution in [2.45, 2.75) is 53.4 Å². The van der Waals surface area contributed by atoms with Gasteiger partial charge in [-0.15, -0.1) is 0 Å². The molecule has 1 aliphatic carbocycles. The molecule has 0 bridgehead atoms. The molecular formula is C21H25FO4. The minimum absolute atomic E-state index is 0.00861. The minimum atomic E-state index is -0.501. The van der Waals surface area contributed by atoms with Gasteiger partial charge in [0.25, 0.3) is 0 Å². The van der Waals surface area contributed by atoms with Gasteiger partial charge in [-0.25, -0.2) is 4.39 Å². The van der Waals surface area contributed by atoms with Crippen molar-refractivity contribution in [2.75, 3.05) is 0 Å². The maximum atomic E-state index is 14.7. The lowest BCUT2D eigenvalue weighted by molar-refractivity contribution is -0.191. The highest BCUT2D eigenvalue weighted by Crippen LogP contribution is 2.45. The molecule has 5 heteroatoms. The Morgan fingerprint density at radius 1 is 1.23 bits per heavy atom. The highest BCUT2D eigenvalue weighted by Gasteiger charge is 2.31. The monoisotopic (exact) mass is 360 g/mol. The van der Waals surface area contributed by atoms with E-state index in [2.05, 4.69) is 19.6 Å². The summed E-state index contributed by atoms with van der Waals surface area (Å²) in [5.41, 5.74) is 4.57. The summed E-state index contributed by atoms with van der Waals surface area (Å²) >= 11 is 0. The van der Waals surface area contributed by atoms with Gasteiger partial charge in [-0.1, -0.05) is 29.9 Å². The van der Waals surface area contributed by atoms with Crippen molar-refractivity contribution in [1.29, 1.82) is 0 Å². The molecule has 1 aromatic rings. The lowest BCUT2D eigenvalue weighted by atomic mass is 9.73. The highest BCUT2D eigenvalue weighted by molar-refractivity contribution is 5.70. The first-order valence-corrected chi connectivity index (χ1v) is 8.44. The van der Waals surface area contributed by atoms with E-state index in [0.717, 1.165) is 29.5 Å². The molecule has 0 heterocycles. The van der Waals surface area contributed by atoms with Crippen LogP contribution in [0.2, 0.25) is 0 Å². The number of halogens is 1. The third-order valence-electron chi connectivity index (χ3n) is 4.61. The van der Waals surface area contributed by atoms with Crippen LogP contribution in [0.5, 0.6) is 5.75 Å². The molecule has 4 nitrogen and oxygen atoms in total. The number of benzene rings is 1. The fraction of sp³-hybridized carbons (Fsp3) is 0.429. The molecule has 1 aromatic carbocycles. The van der Waals surface area contributed by atoms with Gasteiger partial charge in [0.2, 0.25) is 0 Å². The molecule has 0 fully saturated rings. The summed E-state index contributed by atoms with van der Waals surface area (Å²) in [6.07, 6.45) is 4.42. The van der Waals surface area contributed by atoms with Crippen molar-refractivity contribution >= 4 is 12.1 Å². The van der Waals surface area contributed by atoms with Crippen LogP contribution in [0.1, 0.15) is 56.2 Å². The lowest BCUT2D eigenvalue weighted by Crippen LogP contribution is -2.20. The maximum Gasteiger partial charge on any atom is 0.373 e. The summed E-state index contributed by atoms with van der Waals surface area (Å²) in [4.78, 5) is 27.7. The van der Waals surface area contributed by atoms with Crippen LogP contribution in [0, 0.1) is 25.6 Å². The normalized spacial score (nSPS) is 18.8. The van der Waals surface area contributed by atoms with E-state index in [1.807, 2.05) is 19.9 Å². The van der Waals surface area contributed by atoms with Crippen molar-refractivity contribution in [3.05, 3.63) is 52.4 Å². The van der Waals surface area contributed by atoms with Crippen LogP contribution in [0.4, 0.5) is 4.39 Å². The first kappa shape index (κ1) is 21.5. The van der Waals surface area contributed by atoms with Gasteiger partial charge in [0.05, 0.1) is 0 Å². The van der Waals surface area contributed by atoms with E-state index in [0.29, 0.717) is 5.56 Å². The Hall–Kier alpha value is -2.52. The average molecular weight is 360 g/mol. The quantitative estimate of drug-likeness (QED) is 0.441. The minimum Gasteiger partial charge on any atom is -0.423 e. The number of hydrogen-bond acceptors (Lipinski definition) is 4. The molecule has 140 valence electrons. The molecule has 0 saturated heterocycles. The van der Waals surface area contributed by atoms with Gasteiger partial charge in [-0.2, -0.15) is 9.59 Å². The van der Waals surface area contributed by atoms with Crippen LogP contribution in [-0.4, -0.2) is 12.1 Å². The number of carbonyl (C=O) groups is 1. The maximum absolute atomic E-state index is 14.7. The van der Waals surface area contributed by atoms with Gasteiger partial charge in [0.1, 0.15) is 0 Å². The van der Waals surface area contributed by atoms with Crippen LogP contribution in [0.25, 0.3) is 0 Å². The zero-order chi connectivity index (χ0) is 20.0. The van der Waals surface area contributed by atoms with Gasteiger partial charge >= 0.3 is 12.1 Å². The van der Waals surface area contributed by atoms with Crippen LogP contribution in [0.3, 0.4) is 0 Å². The van der Waals surface area contributed by atoms with Crippen molar-refractivity contribution in [2.24, 2.45) is 5.92 Å². The number of esters is 1. The summed E-state index contributed by atoms with van der Waals surface area (Å²) in [6.45, 7) is 13.2. The van der Waals surface area contributed by atoms with E-state index in [9.17, 15) is 9.18 Å². The Morgan fingerprint density at radius 3 is 2.31 bits per heavy atom. The summed E-state index contributed by atoms with van der Waals surface area (Å²) in [7, 11) is 0. The van der Waals surface area contributed by atoms with Crippen LogP contribution >= 0.6 is 0 Å². The molecular weight excluding hydrogens is 335 g/mol. The van der Waals surface area contributed by atoms with E-state index in [-0.39, 0.29) is 23.7 Å². The van der Waals surface area contributed by atoms with Crippen molar-refractivity contribution < 1.29 is 23.5 Å². The number of aryl methyl sites for hydroxylation is 2. The Kier molecular flexibility index (Phi) is 7.66. The Balaban J connectivity index is 0.00000105. The number of hydrogen-bond donors (Lipinski definition) is 0. The summed E-state index contributed by atoms with van der Waals surface area (Å²) in [6, 6.07) is 1.82. The average Bonchev–Trinajstić information content (AvgIpc) is 2.52. The Labute approximate surface area is 153 Å². The second-order valence-corrected chi connectivity index (χ2v) is 6.77. The van der Waals surface area contributed by atoms with Crippen LogP contribution < -0.4 is 4.74 Å². The fourth-order valence-electron chi connectivity index (χ4n) is 3.51. The zero-order valence-corrected chi connectivity index (χ0v) is 15.9. The molecule has 0 aliphatic heterocycles. The molecule has 0 saturated carbocycles. The molecule has 26 heavy (non-hydrogen) atoms. The van der Waals surface area contributed by atoms with Crippen LogP contribution in [0.15, 0.2) is 29.9 Å². The first-order valence-electron chi connectivity index (χ1n) is 8.44. The summed E-state index contributed by atoms with van der Waals surface area (Å²) in [5.74, 6) is -0.645. The SMILES string of the molecule is C=C(C)[C@@H]1CCC(C)=CC1c1c(C)cc(C)c(F)c1OC(C)=O.O=C=O. The van der Waals surface area contributed by atoms with E-state index in [4.69, 9.17) is 14.3 Å². The molecule has 0 N–H and O–H groups in total. The van der Waals surface area contributed by atoms with Crippen molar-refractivity contribution in [1.82, 2.24) is 0 Å². The lowest BCUT2D eigenvalue weighted by Gasteiger charge is -2.32. The smallest absolute Gasteiger partial charge is 0.373 e. The van der Waals surface area contributed by atoms with Gasteiger partial charge in [0, 0.05) is 18.4 Å². The highest BCUT2D eigenvalue weighted by atomic mass is 19.1. The Morgan fingerprint density at radius 2 is 1.81 bits per heavy atom. The predicted octanol–water partition coefficient (Wildman–Crippen LogP) is 4.80. The fourth-order valence-corrected chi connectivity index (χ4v) is 3.51. The van der Waals surface area contributed by atoms with Gasteiger partial charge < -0.3 is 4.74 Å². The molecule has 2 rings (SSSR count). The molecule has 0 radical (unpaired) electrons. The zero-order valence-electron chi connectivity index (χ0n) is 15.9. The molecule has 1 aliphatic rings. The third kappa shape index (κ3) is 4.99.